The van der Waals surface area contributed by atoms with E-state index >= 15 is 0 Å². The molecule has 3 heterocycles. The van der Waals surface area contributed by atoms with Gasteiger partial charge in [-0.1, -0.05) is 36.9 Å². The van der Waals surface area contributed by atoms with Crippen LogP contribution in [0.25, 0.3) is 17.2 Å². The standard InChI is InChI=1S/C31H30F3N5O3/c1-2-20-3-5-22(6-4-20)17-28-36-29(39-38-28)30(40)37-27-18-23(9-13-35-27)25-19-24(7-8-26(25)31(32,33)34)42-16-12-21-10-14-41-15-11-21/h2-9,13,18-19,21H,1,10-12,14-17H2,(H,35,37,40)(H,36,38,39). The van der Waals surface area contributed by atoms with Crippen LogP contribution in [0.5, 0.6) is 5.75 Å². The number of carbonyl (C=O) groups is 1. The molecule has 2 aromatic heterocycles. The molecule has 4 aromatic rings. The van der Waals surface area contributed by atoms with Crippen LogP contribution >= 0.6 is 0 Å². The molecule has 0 spiro atoms. The van der Waals surface area contributed by atoms with Crippen molar-refractivity contribution in [3.8, 4) is 16.9 Å². The molecule has 2 aromatic carbocycles. The van der Waals surface area contributed by atoms with Gasteiger partial charge < -0.3 is 19.8 Å². The van der Waals surface area contributed by atoms with Crippen LogP contribution in [0.3, 0.4) is 0 Å². The second-order valence-electron chi connectivity index (χ2n) is 10.0. The van der Waals surface area contributed by atoms with E-state index in [2.05, 4.69) is 32.1 Å². The lowest BCUT2D eigenvalue weighted by Gasteiger charge is -2.22. The molecule has 2 N–H and O–H groups in total. The number of aromatic nitrogens is 4. The van der Waals surface area contributed by atoms with E-state index in [1.165, 1.54) is 30.5 Å². The highest BCUT2D eigenvalue weighted by molar-refractivity contribution is 6.01. The summed E-state index contributed by atoms with van der Waals surface area (Å²) in [4.78, 5) is 19.8. The predicted molar refractivity (Wildman–Crippen MR) is 152 cm³/mol. The normalized spacial score (nSPS) is 14.0. The number of pyridine rings is 1. The fourth-order valence-corrected chi connectivity index (χ4v) is 4.76. The van der Waals surface area contributed by atoms with E-state index in [1.807, 2.05) is 24.3 Å². The number of alkyl halides is 3. The van der Waals surface area contributed by atoms with Crippen LogP contribution in [0.1, 0.15) is 52.4 Å². The van der Waals surface area contributed by atoms with Crippen molar-refractivity contribution in [2.45, 2.75) is 31.9 Å². The maximum atomic E-state index is 13.9. The summed E-state index contributed by atoms with van der Waals surface area (Å²) >= 11 is 0. The van der Waals surface area contributed by atoms with Gasteiger partial charge in [0.15, 0.2) is 0 Å². The quantitative estimate of drug-likeness (QED) is 0.221. The Morgan fingerprint density at radius 2 is 1.88 bits per heavy atom. The van der Waals surface area contributed by atoms with Gasteiger partial charge in [-0.05, 0) is 77.8 Å². The minimum absolute atomic E-state index is 0.0455. The van der Waals surface area contributed by atoms with Gasteiger partial charge in [0.1, 0.15) is 17.4 Å². The van der Waals surface area contributed by atoms with Gasteiger partial charge >= 0.3 is 6.18 Å². The number of anilines is 1. The largest absolute Gasteiger partial charge is 0.494 e. The summed E-state index contributed by atoms with van der Waals surface area (Å²) < 4.78 is 53.0. The fraction of sp³-hybridized carbons (Fsp3) is 0.290. The van der Waals surface area contributed by atoms with Crippen molar-refractivity contribution in [1.29, 1.82) is 0 Å². The van der Waals surface area contributed by atoms with E-state index in [4.69, 9.17) is 9.47 Å². The molecule has 0 bridgehead atoms. The highest BCUT2D eigenvalue weighted by Crippen LogP contribution is 2.39. The topological polar surface area (TPSA) is 102 Å². The number of hydrogen-bond donors (Lipinski definition) is 2. The summed E-state index contributed by atoms with van der Waals surface area (Å²) in [5.41, 5.74) is 1.28. The number of hydrogen-bond acceptors (Lipinski definition) is 6. The first-order valence-electron chi connectivity index (χ1n) is 13.6. The Labute approximate surface area is 241 Å². The van der Waals surface area contributed by atoms with Crippen molar-refractivity contribution >= 4 is 17.8 Å². The molecular weight excluding hydrogens is 547 g/mol. The number of benzene rings is 2. The number of H-pyrrole nitrogens is 1. The van der Waals surface area contributed by atoms with Gasteiger partial charge in [0, 0.05) is 25.8 Å². The van der Waals surface area contributed by atoms with E-state index < -0.39 is 17.6 Å². The zero-order chi connectivity index (χ0) is 29.5. The Kier molecular flexibility index (Phi) is 8.97. The summed E-state index contributed by atoms with van der Waals surface area (Å²) in [5.74, 6) is 0.688. The van der Waals surface area contributed by atoms with Crippen LogP contribution in [0.2, 0.25) is 0 Å². The molecule has 0 saturated carbocycles. The molecule has 0 radical (unpaired) electrons. The number of rotatable bonds is 10. The van der Waals surface area contributed by atoms with Crippen LogP contribution in [-0.2, 0) is 17.3 Å². The Hall–Kier alpha value is -4.51. The zero-order valence-corrected chi connectivity index (χ0v) is 22.8. The third-order valence-corrected chi connectivity index (χ3v) is 7.08. The van der Waals surface area contributed by atoms with Gasteiger partial charge in [-0.2, -0.15) is 13.2 Å². The lowest BCUT2D eigenvalue weighted by Crippen LogP contribution is -2.17. The molecule has 5 rings (SSSR count). The highest BCUT2D eigenvalue weighted by atomic mass is 19.4. The van der Waals surface area contributed by atoms with Gasteiger partial charge in [0.25, 0.3) is 5.91 Å². The molecule has 218 valence electrons. The second kappa shape index (κ2) is 13.0. The van der Waals surface area contributed by atoms with Crippen molar-refractivity contribution in [3.05, 3.63) is 95.7 Å². The van der Waals surface area contributed by atoms with E-state index in [9.17, 15) is 18.0 Å². The van der Waals surface area contributed by atoms with Gasteiger partial charge in [-0.15, -0.1) is 10.2 Å². The van der Waals surface area contributed by atoms with Crippen LogP contribution in [0.4, 0.5) is 19.0 Å². The summed E-state index contributed by atoms with van der Waals surface area (Å²) in [6.07, 6.45) is 1.62. The minimum atomic E-state index is -4.59. The highest BCUT2D eigenvalue weighted by Gasteiger charge is 2.34. The summed E-state index contributed by atoms with van der Waals surface area (Å²) in [5, 5.41) is 10.5. The number of ether oxygens (including phenoxy) is 2. The van der Waals surface area contributed by atoms with Gasteiger partial charge in [-0.3, -0.25) is 4.79 Å². The average Bonchev–Trinajstić information content (AvgIpc) is 3.46. The van der Waals surface area contributed by atoms with E-state index in [0.29, 0.717) is 30.5 Å². The van der Waals surface area contributed by atoms with Crippen molar-refractivity contribution in [2.75, 3.05) is 25.1 Å². The number of nitrogens with zero attached hydrogens (tertiary/aromatic N) is 3. The van der Waals surface area contributed by atoms with E-state index in [-0.39, 0.29) is 22.8 Å². The van der Waals surface area contributed by atoms with Crippen LogP contribution < -0.4 is 10.1 Å². The molecule has 0 atom stereocenters. The van der Waals surface area contributed by atoms with Gasteiger partial charge in [0.05, 0.1) is 12.2 Å². The molecule has 1 amide bonds. The molecule has 1 saturated heterocycles. The van der Waals surface area contributed by atoms with Crippen molar-refractivity contribution in [2.24, 2.45) is 5.92 Å². The first-order chi connectivity index (χ1) is 20.3. The summed E-state index contributed by atoms with van der Waals surface area (Å²) in [7, 11) is 0. The van der Waals surface area contributed by atoms with Crippen LogP contribution in [0, 0.1) is 5.92 Å². The van der Waals surface area contributed by atoms with E-state index in [1.54, 1.807) is 6.08 Å². The van der Waals surface area contributed by atoms with Crippen molar-refractivity contribution < 1.29 is 27.4 Å². The predicted octanol–water partition coefficient (Wildman–Crippen LogP) is 6.57. The lowest BCUT2D eigenvalue weighted by atomic mass is 9.97. The van der Waals surface area contributed by atoms with Crippen LogP contribution in [-0.4, -0.2) is 45.9 Å². The first kappa shape index (κ1) is 29.0. The van der Waals surface area contributed by atoms with Gasteiger partial charge in [-0.25, -0.2) is 4.98 Å². The monoisotopic (exact) mass is 577 g/mol. The fourth-order valence-electron chi connectivity index (χ4n) is 4.76. The maximum absolute atomic E-state index is 13.9. The molecule has 1 aliphatic rings. The number of amides is 1. The Morgan fingerprint density at radius 3 is 2.62 bits per heavy atom. The molecule has 0 aliphatic carbocycles. The Morgan fingerprint density at radius 1 is 1.10 bits per heavy atom. The van der Waals surface area contributed by atoms with Crippen LogP contribution in [0.15, 0.2) is 67.4 Å². The third-order valence-electron chi connectivity index (χ3n) is 7.08. The summed E-state index contributed by atoms with van der Waals surface area (Å²) in [6, 6.07) is 14.2. The third kappa shape index (κ3) is 7.41. The second-order valence-corrected chi connectivity index (χ2v) is 10.0. The molecule has 1 aliphatic heterocycles. The number of aromatic amines is 1. The Balaban J connectivity index is 1.29. The molecule has 0 unspecified atom stereocenters. The number of halogens is 3. The van der Waals surface area contributed by atoms with Crippen molar-refractivity contribution in [3.63, 3.8) is 0 Å². The smallest absolute Gasteiger partial charge is 0.417 e. The minimum Gasteiger partial charge on any atom is -0.494 e. The molecule has 8 nitrogen and oxygen atoms in total. The molecule has 11 heteroatoms. The number of carbonyl (C=O) groups excluding carboxylic acids is 1. The Bertz CT molecular complexity index is 1530. The zero-order valence-electron chi connectivity index (χ0n) is 22.8. The van der Waals surface area contributed by atoms with Crippen molar-refractivity contribution in [1.82, 2.24) is 20.2 Å². The molecule has 1 fully saturated rings. The maximum Gasteiger partial charge on any atom is 0.417 e. The average molecular weight is 578 g/mol. The SMILES string of the molecule is C=Cc1ccc(Cc2nnc(C(=O)Nc3cc(-c4cc(OCCC5CCOCC5)ccc4C(F)(F)F)ccn3)[nH]2)cc1. The molecule has 42 heavy (non-hydrogen) atoms. The molecular formula is C31H30F3N5O3. The number of nitrogens with one attached hydrogen (secondary N) is 2. The lowest BCUT2D eigenvalue weighted by molar-refractivity contribution is -0.137. The van der Waals surface area contributed by atoms with E-state index in [0.717, 1.165) is 49.7 Å². The first-order valence-corrected chi connectivity index (χ1v) is 13.6. The summed E-state index contributed by atoms with van der Waals surface area (Å²) in [6.45, 7) is 5.57. The van der Waals surface area contributed by atoms with Gasteiger partial charge in [0.2, 0.25) is 5.82 Å².